The molecular weight excluding hydrogens is 252 g/mol. The normalized spacial score (nSPS) is 10.5. The van der Waals surface area contributed by atoms with Crippen molar-refractivity contribution in [2.45, 2.75) is 18.2 Å². The van der Waals surface area contributed by atoms with Crippen LogP contribution in [0.3, 0.4) is 0 Å². The maximum Gasteiger partial charge on any atom is 0.199 e. The van der Waals surface area contributed by atoms with Gasteiger partial charge in [-0.15, -0.1) is 0 Å². The van der Waals surface area contributed by atoms with Gasteiger partial charge in [0.2, 0.25) is 0 Å². The summed E-state index contributed by atoms with van der Waals surface area (Å²) in [5.41, 5.74) is 0. The average molecular weight is 264 g/mol. The molecule has 0 spiro atoms. The Kier molecular flexibility index (Phi) is 3.57. The van der Waals surface area contributed by atoms with Crippen molar-refractivity contribution in [3.63, 3.8) is 0 Å². The third-order valence-electron chi connectivity index (χ3n) is 2.31. The molecule has 2 heterocycles. The first-order valence-corrected chi connectivity index (χ1v) is 6.21. The summed E-state index contributed by atoms with van der Waals surface area (Å²) in [6.07, 6.45) is 1.94. The molecule has 5 nitrogen and oxygen atoms in total. The number of carbonyl (C=O) groups excluding carboxylic acids is 1. The second kappa shape index (κ2) is 5.14. The van der Waals surface area contributed by atoms with Crippen LogP contribution in [0.1, 0.15) is 13.3 Å². The van der Waals surface area contributed by atoms with E-state index < -0.39 is 0 Å². The first kappa shape index (κ1) is 12.5. The minimum Gasteiger partial charge on any atom is -0.494 e. The number of pyridine rings is 1. The molecule has 0 bridgehead atoms. The van der Waals surface area contributed by atoms with Crippen molar-refractivity contribution < 1.29 is 15.0 Å². The van der Waals surface area contributed by atoms with E-state index in [0.717, 1.165) is 11.8 Å². The maximum absolute atomic E-state index is 11.5. The molecule has 0 fully saturated rings. The highest BCUT2D eigenvalue weighted by Crippen LogP contribution is 2.32. The van der Waals surface area contributed by atoms with Crippen molar-refractivity contribution in [1.82, 2.24) is 9.55 Å². The van der Waals surface area contributed by atoms with Gasteiger partial charge in [-0.05, 0) is 23.9 Å². The van der Waals surface area contributed by atoms with E-state index in [1.807, 2.05) is 0 Å². The standard InChI is InChI=1S/C12H12N2O3S/c1-2-11(17)18-8-4-3-7-13-12(8)14-9(15)5-6-10(14)16/h3-7,15-16H,2H2,1H3. The lowest BCUT2D eigenvalue weighted by molar-refractivity contribution is -0.110. The van der Waals surface area contributed by atoms with Gasteiger partial charge in [0, 0.05) is 24.8 Å². The molecule has 0 amide bonds. The fourth-order valence-electron chi connectivity index (χ4n) is 1.46. The molecule has 0 saturated heterocycles. The van der Waals surface area contributed by atoms with Crippen molar-refractivity contribution >= 4 is 16.9 Å². The van der Waals surface area contributed by atoms with E-state index in [0.29, 0.717) is 17.1 Å². The molecule has 0 aromatic carbocycles. The predicted octanol–water partition coefficient (Wildman–Crippen LogP) is 2.31. The highest BCUT2D eigenvalue weighted by molar-refractivity contribution is 8.13. The van der Waals surface area contributed by atoms with Crippen molar-refractivity contribution in [1.29, 1.82) is 0 Å². The van der Waals surface area contributed by atoms with Gasteiger partial charge >= 0.3 is 0 Å². The SMILES string of the molecule is CCC(=O)Sc1cccnc1-n1c(O)ccc1O. The van der Waals surface area contributed by atoms with E-state index in [1.165, 1.54) is 22.9 Å². The second-order valence-corrected chi connectivity index (χ2v) is 4.64. The number of thioether (sulfide) groups is 1. The summed E-state index contributed by atoms with van der Waals surface area (Å²) in [7, 11) is 0. The Morgan fingerprint density at radius 1 is 1.33 bits per heavy atom. The number of nitrogens with zero attached hydrogens (tertiary/aromatic N) is 2. The Morgan fingerprint density at radius 3 is 2.61 bits per heavy atom. The lowest BCUT2D eigenvalue weighted by Gasteiger charge is -2.09. The van der Waals surface area contributed by atoms with Crippen LogP contribution in [0.2, 0.25) is 0 Å². The molecule has 2 N–H and O–H groups in total. The zero-order chi connectivity index (χ0) is 13.1. The number of aromatic nitrogens is 2. The molecule has 0 aliphatic rings. The number of hydrogen-bond donors (Lipinski definition) is 2. The fourth-order valence-corrected chi connectivity index (χ4v) is 2.23. The van der Waals surface area contributed by atoms with Crippen LogP contribution < -0.4 is 0 Å². The minimum atomic E-state index is -0.128. The topological polar surface area (TPSA) is 75.4 Å². The Morgan fingerprint density at radius 2 is 2.00 bits per heavy atom. The lowest BCUT2D eigenvalue weighted by Crippen LogP contribution is -2.00. The quantitative estimate of drug-likeness (QED) is 0.832. The summed E-state index contributed by atoms with van der Waals surface area (Å²) in [6, 6.07) is 6.14. The molecule has 2 aromatic rings. The Hall–Kier alpha value is -1.95. The van der Waals surface area contributed by atoms with Gasteiger partial charge < -0.3 is 10.2 Å². The molecular formula is C12H12N2O3S. The van der Waals surface area contributed by atoms with Crippen LogP contribution in [0.5, 0.6) is 11.8 Å². The first-order chi connectivity index (χ1) is 8.63. The fraction of sp³-hybridized carbons (Fsp3) is 0.167. The monoisotopic (exact) mass is 264 g/mol. The summed E-state index contributed by atoms with van der Waals surface area (Å²) in [6.45, 7) is 1.77. The zero-order valence-electron chi connectivity index (χ0n) is 9.70. The van der Waals surface area contributed by atoms with E-state index in [1.54, 1.807) is 19.1 Å². The third-order valence-corrected chi connectivity index (χ3v) is 3.37. The Bertz CT molecular complexity index is 561. The van der Waals surface area contributed by atoms with Crippen LogP contribution in [0.4, 0.5) is 0 Å². The van der Waals surface area contributed by atoms with Crippen LogP contribution in [0.15, 0.2) is 35.4 Å². The zero-order valence-corrected chi connectivity index (χ0v) is 10.5. The number of aromatic hydroxyl groups is 2. The summed E-state index contributed by atoms with van der Waals surface area (Å²) < 4.78 is 1.19. The van der Waals surface area contributed by atoms with Gasteiger partial charge in [-0.2, -0.15) is 0 Å². The molecule has 18 heavy (non-hydrogen) atoms. The van der Waals surface area contributed by atoms with Gasteiger partial charge in [-0.25, -0.2) is 9.55 Å². The number of carbonyl (C=O) groups is 1. The van der Waals surface area contributed by atoms with Crippen molar-refractivity contribution in [3.8, 4) is 17.6 Å². The van der Waals surface area contributed by atoms with Gasteiger partial charge in [0.15, 0.2) is 22.7 Å². The van der Waals surface area contributed by atoms with Crippen molar-refractivity contribution in [2.75, 3.05) is 0 Å². The molecule has 2 aromatic heterocycles. The molecule has 0 aliphatic heterocycles. The van der Waals surface area contributed by atoms with Crippen LogP contribution in [-0.4, -0.2) is 24.9 Å². The summed E-state index contributed by atoms with van der Waals surface area (Å²) >= 11 is 1.04. The summed E-state index contributed by atoms with van der Waals surface area (Å²) in [5, 5.41) is 19.3. The number of rotatable bonds is 3. The molecule has 94 valence electrons. The van der Waals surface area contributed by atoms with Crippen LogP contribution in [0.25, 0.3) is 5.82 Å². The number of hydrogen-bond acceptors (Lipinski definition) is 5. The van der Waals surface area contributed by atoms with Gasteiger partial charge in [0.05, 0.1) is 4.90 Å². The molecule has 0 saturated carbocycles. The molecule has 0 radical (unpaired) electrons. The molecule has 0 aliphatic carbocycles. The maximum atomic E-state index is 11.5. The molecule has 0 atom stereocenters. The minimum absolute atomic E-state index is 0.00427. The van der Waals surface area contributed by atoms with Gasteiger partial charge in [-0.1, -0.05) is 6.92 Å². The van der Waals surface area contributed by atoms with Crippen molar-refractivity contribution in [3.05, 3.63) is 30.5 Å². The highest BCUT2D eigenvalue weighted by atomic mass is 32.2. The lowest BCUT2D eigenvalue weighted by atomic mass is 10.4. The Balaban J connectivity index is 2.48. The molecule has 6 heteroatoms. The third kappa shape index (κ3) is 2.33. The van der Waals surface area contributed by atoms with E-state index in [-0.39, 0.29) is 16.9 Å². The van der Waals surface area contributed by atoms with E-state index in [2.05, 4.69) is 4.98 Å². The van der Waals surface area contributed by atoms with E-state index in [4.69, 9.17) is 0 Å². The molecule has 2 rings (SSSR count). The largest absolute Gasteiger partial charge is 0.494 e. The van der Waals surface area contributed by atoms with Crippen LogP contribution in [0, 0.1) is 0 Å². The summed E-state index contributed by atoms with van der Waals surface area (Å²) in [4.78, 5) is 16.2. The van der Waals surface area contributed by atoms with Crippen LogP contribution in [-0.2, 0) is 4.79 Å². The second-order valence-electron chi connectivity index (χ2n) is 3.54. The first-order valence-electron chi connectivity index (χ1n) is 5.39. The van der Waals surface area contributed by atoms with Gasteiger partial charge in [0.25, 0.3) is 0 Å². The van der Waals surface area contributed by atoms with E-state index in [9.17, 15) is 15.0 Å². The summed E-state index contributed by atoms with van der Waals surface area (Å²) in [5.74, 6) is 0.0818. The predicted molar refractivity (Wildman–Crippen MR) is 68.0 cm³/mol. The average Bonchev–Trinajstić information content (AvgIpc) is 2.70. The molecule has 0 unspecified atom stereocenters. The Labute approximate surface area is 108 Å². The van der Waals surface area contributed by atoms with E-state index >= 15 is 0 Å². The van der Waals surface area contributed by atoms with Crippen molar-refractivity contribution in [2.24, 2.45) is 0 Å². The highest BCUT2D eigenvalue weighted by Gasteiger charge is 2.15. The van der Waals surface area contributed by atoms with Gasteiger partial charge in [-0.3, -0.25) is 4.79 Å². The van der Waals surface area contributed by atoms with Crippen LogP contribution >= 0.6 is 11.8 Å². The smallest absolute Gasteiger partial charge is 0.199 e. The van der Waals surface area contributed by atoms with Gasteiger partial charge in [0.1, 0.15) is 0 Å².